The summed E-state index contributed by atoms with van der Waals surface area (Å²) in [6, 6.07) is 1.73. The van der Waals surface area contributed by atoms with E-state index in [4.69, 9.17) is 0 Å². The van der Waals surface area contributed by atoms with E-state index in [-0.39, 0.29) is 11.3 Å². The quantitative estimate of drug-likeness (QED) is 0.535. The van der Waals surface area contributed by atoms with Gasteiger partial charge in [0.15, 0.2) is 0 Å². The van der Waals surface area contributed by atoms with Gasteiger partial charge < -0.3 is 10.6 Å². The highest BCUT2D eigenvalue weighted by molar-refractivity contribution is 5.84. The summed E-state index contributed by atoms with van der Waals surface area (Å²) in [6.07, 6.45) is 18.4. The molecule has 0 bridgehead atoms. The number of hydrogen-bond donors (Lipinski definition) is 2. The number of hydrogen-bond acceptors (Lipinski definition) is 2. The predicted octanol–water partition coefficient (Wildman–Crippen LogP) is 4.60. The normalized spacial score (nSPS) is 34.7. The van der Waals surface area contributed by atoms with Crippen LogP contribution in [0.5, 0.6) is 0 Å². The summed E-state index contributed by atoms with van der Waals surface area (Å²) < 4.78 is 0. The molecule has 1 saturated heterocycles. The van der Waals surface area contributed by atoms with Gasteiger partial charge in [-0.15, -0.1) is 0 Å². The maximum Gasteiger partial charge on any atom is 0.144 e. The van der Waals surface area contributed by atoms with E-state index >= 15 is 0 Å². The molecule has 5 atom stereocenters. The standard InChI is InChI=1S/C25H46N2O/c1-4-5-6-7-8-9-10-13-16-26-24-19-14-11-12-15-20(19)27-21-17-25(2,3)18-22(28)23(21)24/h19-21,23-24,26-27H,4-18H2,1-3H3/p+1. The predicted molar refractivity (Wildman–Crippen MR) is 117 cm³/mol. The molecule has 3 fully saturated rings. The van der Waals surface area contributed by atoms with Crippen LogP contribution in [0.25, 0.3) is 0 Å². The van der Waals surface area contributed by atoms with Crippen LogP contribution in [0.3, 0.4) is 0 Å². The number of carbonyl (C=O) groups is 1. The molecule has 2 aliphatic carbocycles. The topological polar surface area (TPSA) is 45.7 Å². The average Bonchev–Trinajstić information content (AvgIpc) is 2.64. The van der Waals surface area contributed by atoms with Gasteiger partial charge in [0.2, 0.25) is 0 Å². The van der Waals surface area contributed by atoms with Gasteiger partial charge in [0.05, 0.1) is 18.0 Å². The highest BCUT2D eigenvalue weighted by Crippen LogP contribution is 2.41. The first-order valence-corrected chi connectivity index (χ1v) is 12.6. The first-order chi connectivity index (χ1) is 13.5. The number of fused-ring (bicyclic) bond motifs is 2. The molecule has 28 heavy (non-hydrogen) atoms. The van der Waals surface area contributed by atoms with Gasteiger partial charge in [-0.05, 0) is 37.6 Å². The van der Waals surface area contributed by atoms with Crippen molar-refractivity contribution in [2.24, 2.45) is 17.3 Å². The van der Waals surface area contributed by atoms with Gasteiger partial charge in [0.1, 0.15) is 5.78 Å². The maximum absolute atomic E-state index is 13.1. The van der Waals surface area contributed by atoms with Crippen molar-refractivity contribution in [2.45, 2.75) is 129 Å². The molecule has 3 aliphatic rings. The molecule has 3 nitrogen and oxygen atoms in total. The van der Waals surface area contributed by atoms with Gasteiger partial charge in [-0.25, -0.2) is 0 Å². The molecule has 3 N–H and O–H groups in total. The summed E-state index contributed by atoms with van der Waals surface area (Å²) in [6.45, 7) is 7.99. The Hall–Kier alpha value is -0.410. The summed E-state index contributed by atoms with van der Waals surface area (Å²) >= 11 is 0. The van der Waals surface area contributed by atoms with Crippen LogP contribution in [0.15, 0.2) is 0 Å². The lowest BCUT2D eigenvalue weighted by atomic mass is 9.61. The number of quaternary nitrogens is 1. The number of rotatable bonds is 10. The van der Waals surface area contributed by atoms with Crippen LogP contribution < -0.4 is 10.6 Å². The van der Waals surface area contributed by atoms with Crippen LogP contribution in [0.1, 0.15) is 111 Å². The van der Waals surface area contributed by atoms with Crippen LogP contribution in [-0.2, 0) is 4.79 Å². The molecule has 3 heteroatoms. The third-order valence-electron chi connectivity index (χ3n) is 7.90. The Kier molecular flexibility index (Phi) is 8.41. The van der Waals surface area contributed by atoms with Crippen molar-refractivity contribution in [2.75, 3.05) is 6.54 Å². The van der Waals surface area contributed by atoms with Gasteiger partial charge in [0, 0.05) is 24.8 Å². The molecule has 2 saturated carbocycles. The monoisotopic (exact) mass is 391 g/mol. The largest absolute Gasteiger partial charge is 0.340 e. The van der Waals surface area contributed by atoms with Gasteiger partial charge in [-0.2, -0.15) is 0 Å². The van der Waals surface area contributed by atoms with Crippen molar-refractivity contribution in [3.8, 4) is 0 Å². The summed E-state index contributed by atoms with van der Waals surface area (Å²) in [7, 11) is 0. The van der Waals surface area contributed by atoms with E-state index in [0.29, 0.717) is 23.8 Å². The van der Waals surface area contributed by atoms with Crippen molar-refractivity contribution in [3.05, 3.63) is 0 Å². The summed E-state index contributed by atoms with van der Waals surface area (Å²) in [5.41, 5.74) is 0.193. The van der Waals surface area contributed by atoms with Crippen molar-refractivity contribution in [1.82, 2.24) is 5.32 Å². The molecule has 1 heterocycles. The number of nitrogens with two attached hydrogens (primary N) is 1. The Labute approximate surface area is 174 Å². The molecule has 1 aliphatic heterocycles. The van der Waals surface area contributed by atoms with E-state index in [1.807, 2.05) is 0 Å². The highest BCUT2D eigenvalue weighted by Gasteiger charge is 2.54. The van der Waals surface area contributed by atoms with E-state index in [9.17, 15) is 4.79 Å². The summed E-state index contributed by atoms with van der Waals surface area (Å²) in [5.74, 6) is 1.53. The molecule has 0 spiro atoms. The molecular formula is C25H47N2O+. The van der Waals surface area contributed by atoms with Gasteiger partial charge in [-0.1, -0.05) is 72.1 Å². The second-order valence-electron chi connectivity index (χ2n) is 11.0. The lowest BCUT2D eigenvalue weighted by molar-refractivity contribution is -0.747. The van der Waals surface area contributed by atoms with E-state index in [1.165, 1.54) is 83.5 Å². The van der Waals surface area contributed by atoms with E-state index in [0.717, 1.165) is 19.0 Å². The van der Waals surface area contributed by atoms with Gasteiger partial charge >= 0.3 is 0 Å². The number of carbonyl (C=O) groups excluding carboxylic acids is 1. The lowest BCUT2D eigenvalue weighted by Gasteiger charge is -2.51. The zero-order valence-corrected chi connectivity index (χ0v) is 19.0. The Morgan fingerprint density at radius 1 is 0.964 bits per heavy atom. The molecule has 0 aromatic rings. The first-order valence-electron chi connectivity index (χ1n) is 12.6. The summed E-state index contributed by atoms with van der Waals surface area (Å²) in [4.78, 5) is 13.1. The third kappa shape index (κ3) is 5.81. The van der Waals surface area contributed by atoms with Crippen LogP contribution in [-0.4, -0.2) is 30.5 Å². The Bertz CT molecular complexity index is 489. The average molecular weight is 392 g/mol. The fourth-order valence-electron chi connectivity index (χ4n) is 6.58. The number of ketones is 1. The minimum absolute atomic E-state index is 0.193. The van der Waals surface area contributed by atoms with Crippen LogP contribution >= 0.6 is 0 Å². The molecule has 5 unspecified atom stereocenters. The van der Waals surface area contributed by atoms with Gasteiger partial charge in [0.25, 0.3) is 0 Å². The number of Topliss-reactive ketones (excluding diaryl/α,β-unsaturated/α-hetero) is 1. The zero-order valence-electron chi connectivity index (χ0n) is 19.0. The van der Waals surface area contributed by atoms with Crippen molar-refractivity contribution >= 4 is 5.78 Å². The smallest absolute Gasteiger partial charge is 0.144 e. The van der Waals surface area contributed by atoms with Crippen LogP contribution in [0, 0.1) is 17.3 Å². The number of unbranched alkanes of at least 4 members (excludes halogenated alkanes) is 7. The van der Waals surface area contributed by atoms with Crippen LogP contribution in [0.2, 0.25) is 0 Å². The molecule has 0 amide bonds. The fraction of sp³-hybridized carbons (Fsp3) is 0.960. The Morgan fingerprint density at radius 2 is 1.64 bits per heavy atom. The van der Waals surface area contributed by atoms with Crippen molar-refractivity contribution in [1.29, 1.82) is 0 Å². The van der Waals surface area contributed by atoms with E-state index in [1.54, 1.807) is 0 Å². The second-order valence-corrected chi connectivity index (χ2v) is 11.0. The zero-order chi connectivity index (χ0) is 20.0. The molecule has 0 aromatic carbocycles. The molecule has 162 valence electrons. The minimum atomic E-state index is 0.193. The molecule has 0 aromatic heterocycles. The second kappa shape index (κ2) is 10.6. The fourth-order valence-corrected chi connectivity index (χ4v) is 6.58. The maximum atomic E-state index is 13.1. The number of nitrogens with one attached hydrogen (secondary N) is 1. The van der Waals surface area contributed by atoms with E-state index < -0.39 is 0 Å². The molecule has 3 rings (SSSR count). The third-order valence-corrected chi connectivity index (χ3v) is 7.90. The molecule has 0 radical (unpaired) electrons. The van der Waals surface area contributed by atoms with E-state index in [2.05, 4.69) is 31.4 Å². The SMILES string of the molecule is CCCCCCCCCCNC1C2CCCCC2[NH2+]C2CC(C)(C)CC(=O)C21. The lowest BCUT2D eigenvalue weighted by Crippen LogP contribution is -3.02. The number of piperidine rings is 1. The Balaban J connectivity index is 1.49. The Morgan fingerprint density at radius 3 is 2.39 bits per heavy atom. The van der Waals surface area contributed by atoms with Crippen molar-refractivity contribution < 1.29 is 10.1 Å². The first kappa shape index (κ1) is 22.3. The minimum Gasteiger partial charge on any atom is -0.340 e. The molecular weight excluding hydrogens is 344 g/mol. The summed E-state index contributed by atoms with van der Waals surface area (Å²) in [5, 5.41) is 6.59. The van der Waals surface area contributed by atoms with Crippen molar-refractivity contribution in [3.63, 3.8) is 0 Å². The van der Waals surface area contributed by atoms with Crippen LogP contribution in [0.4, 0.5) is 0 Å². The highest BCUT2D eigenvalue weighted by atomic mass is 16.1. The van der Waals surface area contributed by atoms with Gasteiger partial charge in [-0.3, -0.25) is 4.79 Å².